The first-order valence-electron chi connectivity index (χ1n) is 3.63. The van der Waals surface area contributed by atoms with Crippen LogP contribution < -0.4 is 5.56 Å². The summed E-state index contributed by atoms with van der Waals surface area (Å²) < 4.78 is 0. The topological polar surface area (TPSA) is 85.9 Å². The largest absolute Gasteiger partial charge is 0.478 e. The third-order valence-corrected chi connectivity index (χ3v) is 1.83. The van der Waals surface area contributed by atoms with Crippen LogP contribution in [-0.4, -0.2) is 21.3 Å². The fourth-order valence-electron chi connectivity index (χ4n) is 1.27. The monoisotopic (exact) mass is 178 g/mol. The zero-order valence-corrected chi connectivity index (χ0v) is 6.50. The summed E-state index contributed by atoms with van der Waals surface area (Å²) >= 11 is 0. The number of rotatable bonds is 1. The number of carboxylic acids is 1. The van der Waals surface area contributed by atoms with E-state index in [1.807, 2.05) is 0 Å². The van der Waals surface area contributed by atoms with Crippen molar-refractivity contribution in [1.29, 1.82) is 0 Å². The van der Waals surface area contributed by atoms with E-state index < -0.39 is 11.5 Å². The molecule has 5 heteroatoms. The summed E-state index contributed by atoms with van der Waals surface area (Å²) in [4.78, 5) is 21.9. The van der Waals surface area contributed by atoms with Crippen molar-refractivity contribution in [1.82, 2.24) is 10.2 Å². The maximum atomic E-state index is 11.2. The van der Waals surface area contributed by atoms with Crippen molar-refractivity contribution in [2.24, 2.45) is 0 Å². The van der Waals surface area contributed by atoms with E-state index in [4.69, 9.17) is 5.11 Å². The third-order valence-electron chi connectivity index (χ3n) is 1.83. The van der Waals surface area contributed by atoms with E-state index in [1.165, 1.54) is 6.07 Å². The Hall–Kier alpha value is -2.04. The van der Waals surface area contributed by atoms with Crippen LogP contribution in [-0.2, 0) is 0 Å². The second-order valence-electron chi connectivity index (χ2n) is 2.61. The van der Waals surface area contributed by atoms with Gasteiger partial charge in [0.1, 0.15) is 0 Å². The lowest BCUT2D eigenvalue weighted by atomic mass is 10.1. The number of aromatic carboxylic acids is 1. The highest BCUT2D eigenvalue weighted by atomic mass is 16.4. The SMILES string of the molecule is O=C(O)c1cccc2[nH][nH]c(=O)c12. The molecule has 1 aromatic heterocycles. The van der Waals surface area contributed by atoms with Crippen molar-refractivity contribution in [3.63, 3.8) is 0 Å². The number of benzene rings is 1. The van der Waals surface area contributed by atoms with Crippen molar-refractivity contribution >= 4 is 16.9 Å². The van der Waals surface area contributed by atoms with E-state index in [0.29, 0.717) is 5.52 Å². The number of hydrogen-bond acceptors (Lipinski definition) is 2. The zero-order chi connectivity index (χ0) is 9.42. The number of H-pyrrole nitrogens is 2. The third kappa shape index (κ3) is 1.01. The summed E-state index contributed by atoms with van der Waals surface area (Å²) in [7, 11) is 0. The van der Waals surface area contributed by atoms with Crippen LogP contribution >= 0.6 is 0 Å². The first-order chi connectivity index (χ1) is 6.20. The van der Waals surface area contributed by atoms with E-state index in [2.05, 4.69) is 10.2 Å². The molecule has 0 amide bonds. The molecule has 0 unspecified atom stereocenters. The van der Waals surface area contributed by atoms with Crippen LogP contribution in [0.1, 0.15) is 10.4 Å². The highest BCUT2D eigenvalue weighted by Crippen LogP contribution is 2.11. The molecule has 0 atom stereocenters. The lowest BCUT2D eigenvalue weighted by molar-refractivity contribution is 0.0699. The van der Waals surface area contributed by atoms with Gasteiger partial charge in [0.05, 0.1) is 16.5 Å². The maximum absolute atomic E-state index is 11.2. The van der Waals surface area contributed by atoms with E-state index in [0.717, 1.165) is 0 Å². The molecular weight excluding hydrogens is 172 g/mol. The van der Waals surface area contributed by atoms with Crippen LogP contribution in [0.25, 0.3) is 10.9 Å². The molecule has 1 aromatic carbocycles. The Morgan fingerprint density at radius 2 is 2.08 bits per heavy atom. The fraction of sp³-hybridized carbons (Fsp3) is 0. The molecule has 0 spiro atoms. The second kappa shape index (κ2) is 2.48. The standard InChI is InChI=1S/C8H6N2O3/c11-7-6-4(8(12)13)2-1-3-5(6)9-10-7/h1-3H,(H,12,13)(H2,9,10,11). The van der Waals surface area contributed by atoms with Crippen molar-refractivity contribution in [3.05, 3.63) is 34.1 Å². The van der Waals surface area contributed by atoms with Gasteiger partial charge < -0.3 is 5.11 Å². The molecule has 13 heavy (non-hydrogen) atoms. The van der Waals surface area contributed by atoms with E-state index in [9.17, 15) is 9.59 Å². The molecule has 0 aliphatic rings. The molecule has 0 aliphatic carbocycles. The predicted octanol–water partition coefficient (Wildman–Crippen LogP) is 0.554. The fourth-order valence-corrected chi connectivity index (χ4v) is 1.27. The Balaban J connectivity index is 2.96. The number of fused-ring (bicyclic) bond motifs is 1. The molecular formula is C8H6N2O3. The average molecular weight is 178 g/mol. The minimum absolute atomic E-state index is 0.0139. The van der Waals surface area contributed by atoms with E-state index in [1.54, 1.807) is 12.1 Å². The first kappa shape index (κ1) is 7.60. The first-order valence-corrected chi connectivity index (χ1v) is 3.63. The predicted molar refractivity (Wildman–Crippen MR) is 45.9 cm³/mol. The van der Waals surface area contributed by atoms with Gasteiger partial charge >= 0.3 is 5.97 Å². The van der Waals surface area contributed by atoms with Crippen LogP contribution in [0.15, 0.2) is 23.0 Å². The van der Waals surface area contributed by atoms with Crippen molar-refractivity contribution < 1.29 is 9.90 Å². The minimum atomic E-state index is -1.10. The summed E-state index contributed by atoms with van der Waals surface area (Å²) in [6.45, 7) is 0. The van der Waals surface area contributed by atoms with Gasteiger partial charge in [-0.25, -0.2) is 4.79 Å². The average Bonchev–Trinajstić information content (AvgIpc) is 2.48. The zero-order valence-electron chi connectivity index (χ0n) is 6.50. The molecule has 3 N–H and O–H groups in total. The Kier molecular flexibility index (Phi) is 1.45. The maximum Gasteiger partial charge on any atom is 0.336 e. The number of nitrogens with one attached hydrogen (secondary N) is 2. The molecule has 0 radical (unpaired) electrons. The Morgan fingerprint density at radius 1 is 1.31 bits per heavy atom. The molecule has 0 saturated carbocycles. The van der Waals surface area contributed by atoms with E-state index in [-0.39, 0.29) is 10.9 Å². The van der Waals surface area contributed by atoms with Crippen molar-refractivity contribution in [3.8, 4) is 0 Å². The van der Waals surface area contributed by atoms with Crippen LogP contribution in [0.5, 0.6) is 0 Å². The van der Waals surface area contributed by atoms with Crippen LogP contribution in [0, 0.1) is 0 Å². The molecule has 2 rings (SSSR count). The molecule has 0 bridgehead atoms. The van der Waals surface area contributed by atoms with Gasteiger partial charge in [-0.3, -0.25) is 15.0 Å². The van der Waals surface area contributed by atoms with Gasteiger partial charge in [-0.15, -0.1) is 0 Å². The Labute approximate surface area is 72.0 Å². The summed E-state index contributed by atoms with van der Waals surface area (Å²) in [6.07, 6.45) is 0. The summed E-state index contributed by atoms with van der Waals surface area (Å²) in [5.41, 5.74) is 0.109. The molecule has 1 heterocycles. The minimum Gasteiger partial charge on any atom is -0.478 e. The number of carboxylic acid groups (broad SMARTS) is 1. The normalized spacial score (nSPS) is 10.5. The molecule has 66 valence electrons. The van der Waals surface area contributed by atoms with Gasteiger partial charge in [-0.2, -0.15) is 0 Å². The van der Waals surface area contributed by atoms with Crippen molar-refractivity contribution in [2.75, 3.05) is 0 Å². The second-order valence-corrected chi connectivity index (χ2v) is 2.61. The summed E-state index contributed by atoms with van der Waals surface area (Å²) in [5, 5.41) is 13.9. The van der Waals surface area contributed by atoms with Gasteiger partial charge in [0.25, 0.3) is 5.56 Å². The number of carbonyl (C=O) groups is 1. The van der Waals surface area contributed by atoms with Gasteiger partial charge in [0.2, 0.25) is 0 Å². The molecule has 0 fully saturated rings. The number of aromatic amines is 2. The Bertz CT molecular complexity index is 523. The van der Waals surface area contributed by atoms with Crippen LogP contribution in [0.3, 0.4) is 0 Å². The van der Waals surface area contributed by atoms with Gasteiger partial charge in [0, 0.05) is 0 Å². The van der Waals surface area contributed by atoms with E-state index >= 15 is 0 Å². The van der Waals surface area contributed by atoms with Crippen LogP contribution in [0.4, 0.5) is 0 Å². The lowest BCUT2D eigenvalue weighted by Crippen LogP contribution is -2.05. The van der Waals surface area contributed by atoms with Crippen LogP contribution in [0.2, 0.25) is 0 Å². The van der Waals surface area contributed by atoms with Gasteiger partial charge in [-0.1, -0.05) is 6.07 Å². The molecule has 0 saturated heterocycles. The summed E-state index contributed by atoms with van der Waals surface area (Å²) in [6, 6.07) is 4.61. The van der Waals surface area contributed by atoms with Gasteiger partial charge in [-0.05, 0) is 12.1 Å². The van der Waals surface area contributed by atoms with Crippen molar-refractivity contribution in [2.45, 2.75) is 0 Å². The number of aromatic nitrogens is 2. The molecule has 0 aliphatic heterocycles. The Morgan fingerprint density at radius 3 is 2.77 bits per heavy atom. The molecule has 5 nitrogen and oxygen atoms in total. The highest BCUT2D eigenvalue weighted by Gasteiger charge is 2.11. The summed E-state index contributed by atoms with van der Waals surface area (Å²) in [5.74, 6) is -1.10. The number of hydrogen-bond donors (Lipinski definition) is 3. The molecule has 2 aromatic rings. The quantitative estimate of drug-likeness (QED) is 0.596. The lowest BCUT2D eigenvalue weighted by Gasteiger charge is -1.93. The van der Waals surface area contributed by atoms with Gasteiger partial charge in [0.15, 0.2) is 0 Å². The highest BCUT2D eigenvalue weighted by molar-refractivity contribution is 6.02. The smallest absolute Gasteiger partial charge is 0.336 e.